The Labute approximate surface area is 156 Å². The summed E-state index contributed by atoms with van der Waals surface area (Å²) in [6.45, 7) is 2.96. The molecule has 1 aromatic rings. The van der Waals surface area contributed by atoms with Gasteiger partial charge in [-0.3, -0.25) is 4.79 Å². The highest BCUT2D eigenvalue weighted by molar-refractivity contribution is 14.1. The minimum atomic E-state index is -0.283. The molecule has 1 unspecified atom stereocenters. The maximum atomic E-state index is 11.1. The minimum Gasteiger partial charge on any atom is -0.463 e. The lowest BCUT2D eigenvalue weighted by atomic mass is 9.93. The van der Waals surface area contributed by atoms with E-state index in [1.807, 2.05) is 18.2 Å². The van der Waals surface area contributed by atoms with E-state index < -0.39 is 0 Å². The van der Waals surface area contributed by atoms with E-state index in [4.69, 9.17) is 18.9 Å². The van der Waals surface area contributed by atoms with Crippen LogP contribution in [0.4, 0.5) is 0 Å². The van der Waals surface area contributed by atoms with Crippen LogP contribution in [0.15, 0.2) is 30.3 Å². The number of fused-ring (bicyclic) bond motifs is 1. The van der Waals surface area contributed by atoms with Crippen LogP contribution < -0.4 is 0 Å². The SMILES string of the molecule is CC(=O)OC[C@@H]1C[C@H](OCc2ccccc2)[C@@H]2OCC(I)C[C@H]2O1. The molecule has 0 radical (unpaired) electrons. The molecule has 3 rings (SSSR count). The zero-order valence-electron chi connectivity index (χ0n) is 13.7. The number of benzene rings is 1. The Hall–Kier alpha value is -0.700. The monoisotopic (exact) mass is 446 g/mol. The number of carbonyl (C=O) groups is 1. The number of esters is 1. The quantitative estimate of drug-likeness (QED) is 0.396. The van der Waals surface area contributed by atoms with E-state index >= 15 is 0 Å². The first kappa shape index (κ1) is 18.1. The summed E-state index contributed by atoms with van der Waals surface area (Å²) in [5, 5.41) is 0. The summed E-state index contributed by atoms with van der Waals surface area (Å²) in [7, 11) is 0. The molecule has 2 aliphatic heterocycles. The highest BCUT2D eigenvalue weighted by Crippen LogP contribution is 2.33. The van der Waals surface area contributed by atoms with Crippen molar-refractivity contribution in [2.24, 2.45) is 0 Å². The summed E-state index contributed by atoms with van der Waals surface area (Å²) in [5.74, 6) is -0.283. The average Bonchev–Trinajstić information content (AvgIpc) is 2.58. The predicted molar refractivity (Wildman–Crippen MR) is 97.1 cm³/mol. The van der Waals surface area contributed by atoms with Gasteiger partial charge in [-0.2, -0.15) is 0 Å². The number of carbonyl (C=O) groups excluding carboxylic acids is 1. The van der Waals surface area contributed by atoms with Crippen molar-refractivity contribution in [2.45, 2.75) is 54.7 Å². The second kappa shape index (κ2) is 8.60. The molecule has 2 heterocycles. The van der Waals surface area contributed by atoms with Crippen molar-refractivity contribution in [3.63, 3.8) is 0 Å². The van der Waals surface area contributed by atoms with E-state index in [1.54, 1.807) is 0 Å². The van der Waals surface area contributed by atoms with E-state index in [0.717, 1.165) is 18.6 Å². The first-order valence-electron chi connectivity index (χ1n) is 8.32. The van der Waals surface area contributed by atoms with Gasteiger partial charge in [0.05, 0.1) is 31.5 Å². The lowest BCUT2D eigenvalue weighted by Crippen LogP contribution is -2.55. The molecule has 0 aromatic heterocycles. The first-order chi connectivity index (χ1) is 11.6. The van der Waals surface area contributed by atoms with Gasteiger partial charge in [0.1, 0.15) is 12.7 Å². The molecule has 0 amide bonds. The summed E-state index contributed by atoms with van der Waals surface area (Å²) in [4.78, 5) is 11.1. The Morgan fingerprint density at radius 1 is 1.29 bits per heavy atom. The van der Waals surface area contributed by atoms with E-state index in [0.29, 0.717) is 17.0 Å². The second-order valence-electron chi connectivity index (χ2n) is 6.30. The topological polar surface area (TPSA) is 54.0 Å². The Balaban J connectivity index is 1.63. The van der Waals surface area contributed by atoms with Gasteiger partial charge in [-0.1, -0.05) is 52.9 Å². The van der Waals surface area contributed by atoms with Gasteiger partial charge < -0.3 is 18.9 Å². The van der Waals surface area contributed by atoms with Gasteiger partial charge in [0.2, 0.25) is 0 Å². The smallest absolute Gasteiger partial charge is 0.302 e. The molecule has 2 saturated heterocycles. The van der Waals surface area contributed by atoms with Crippen molar-refractivity contribution in [1.29, 1.82) is 0 Å². The molecule has 1 aromatic carbocycles. The fourth-order valence-corrected chi connectivity index (χ4v) is 3.92. The van der Waals surface area contributed by atoms with Crippen LogP contribution in [0.3, 0.4) is 0 Å². The predicted octanol–water partition coefficient (Wildman–Crippen LogP) is 2.88. The Bertz CT molecular complexity index is 537. The summed E-state index contributed by atoms with van der Waals surface area (Å²) >= 11 is 2.39. The van der Waals surface area contributed by atoms with Gasteiger partial charge in [0.15, 0.2) is 0 Å². The lowest BCUT2D eigenvalue weighted by molar-refractivity contribution is -0.226. The maximum absolute atomic E-state index is 11.1. The number of rotatable bonds is 5. The lowest BCUT2D eigenvalue weighted by Gasteiger charge is -2.44. The molecule has 6 heteroatoms. The standard InChI is InChI=1S/C18H23IO5/c1-12(20)21-11-15-8-16(22-9-13-5-3-2-4-6-13)18-17(24-15)7-14(19)10-23-18/h2-6,14-18H,7-11H2,1H3/t14?,15-,16-,17+,18-/m0/s1. The molecule has 0 spiro atoms. The summed E-state index contributed by atoms with van der Waals surface area (Å²) in [6.07, 6.45) is 1.37. The summed E-state index contributed by atoms with van der Waals surface area (Å²) < 4.78 is 23.8. The summed E-state index contributed by atoms with van der Waals surface area (Å²) in [6, 6.07) is 10.1. The van der Waals surface area contributed by atoms with Crippen LogP contribution in [0.1, 0.15) is 25.3 Å². The van der Waals surface area contributed by atoms with Gasteiger partial charge in [-0.05, 0) is 12.0 Å². The van der Waals surface area contributed by atoms with Crippen LogP contribution in [0.2, 0.25) is 0 Å². The number of hydrogen-bond acceptors (Lipinski definition) is 5. The van der Waals surface area contributed by atoms with Crippen LogP contribution in [-0.2, 0) is 30.3 Å². The van der Waals surface area contributed by atoms with Gasteiger partial charge in [-0.25, -0.2) is 0 Å². The number of hydrogen-bond donors (Lipinski definition) is 0. The van der Waals surface area contributed by atoms with Gasteiger partial charge >= 0.3 is 5.97 Å². The zero-order chi connectivity index (χ0) is 16.9. The third-order valence-corrected chi connectivity index (χ3v) is 5.20. The molecular formula is C18H23IO5. The third kappa shape index (κ3) is 4.91. The number of ether oxygens (including phenoxy) is 4. The summed E-state index contributed by atoms with van der Waals surface area (Å²) in [5.41, 5.74) is 1.14. The molecule has 0 N–H and O–H groups in total. The van der Waals surface area contributed by atoms with Crippen LogP contribution in [0, 0.1) is 0 Å². The Morgan fingerprint density at radius 2 is 2.08 bits per heavy atom. The highest BCUT2D eigenvalue weighted by Gasteiger charge is 2.43. The van der Waals surface area contributed by atoms with Crippen LogP contribution in [-0.4, -0.2) is 47.5 Å². The molecule has 2 fully saturated rings. The molecule has 0 saturated carbocycles. The first-order valence-corrected chi connectivity index (χ1v) is 9.56. The molecule has 24 heavy (non-hydrogen) atoms. The number of halogens is 1. The molecule has 132 valence electrons. The number of alkyl halides is 1. The van der Waals surface area contributed by atoms with Crippen molar-refractivity contribution in [2.75, 3.05) is 13.2 Å². The molecule has 5 nitrogen and oxygen atoms in total. The van der Waals surface area contributed by atoms with Crippen LogP contribution in [0.5, 0.6) is 0 Å². The van der Waals surface area contributed by atoms with Crippen molar-refractivity contribution in [3.8, 4) is 0 Å². The highest BCUT2D eigenvalue weighted by atomic mass is 127. The van der Waals surface area contributed by atoms with E-state index in [1.165, 1.54) is 6.92 Å². The van der Waals surface area contributed by atoms with Crippen molar-refractivity contribution in [3.05, 3.63) is 35.9 Å². The Kier molecular flexibility index (Phi) is 6.49. The minimum absolute atomic E-state index is 0.00395. The average molecular weight is 446 g/mol. The molecular weight excluding hydrogens is 423 g/mol. The van der Waals surface area contributed by atoms with Crippen molar-refractivity contribution < 1.29 is 23.7 Å². The van der Waals surface area contributed by atoms with Gasteiger partial charge in [-0.15, -0.1) is 0 Å². The van der Waals surface area contributed by atoms with E-state index in [9.17, 15) is 4.79 Å². The van der Waals surface area contributed by atoms with Gasteiger partial charge in [0.25, 0.3) is 0 Å². The molecule has 0 aliphatic carbocycles. The van der Waals surface area contributed by atoms with E-state index in [2.05, 4.69) is 34.7 Å². The second-order valence-corrected chi connectivity index (χ2v) is 8.06. The largest absolute Gasteiger partial charge is 0.463 e. The van der Waals surface area contributed by atoms with Crippen molar-refractivity contribution >= 4 is 28.6 Å². The van der Waals surface area contributed by atoms with Crippen molar-refractivity contribution in [1.82, 2.24) is 0 Å². The fraction of sp³-hybridized carbons (Fsp3) is 0.611. The maximum Gasteiger partial charge on any atom is 0.302 e. The van der Waals surface area contributed by atoms with Crippen LogP contribution in [0.25, 0.3) is 0 Å². The Morgan fingerprint density at radius 3 is 2.83 bits per heavy atom. The normalized spacial score (nSPS) is 32.8. The van der Waals surface area contributed by atoms with E-state index in [-0.39, 0.29) is 37.0 Å². The molecule has 5 atom stereocenters. The molecule has 2 aliphatic rings. The zero-order valence-corrected chi connectivity index (χ0v) is 15.9. The fourth-order valence-electron chi connectivity index (χ4n) is 3.21. The van der Waals surface area contributed by atoms with Crippen LogP contribution >= 0.6 is 22.6 Å². The molecule has 0 bridgehead atoms. The third-order valence-electron chi connectivity index (χ3n) is 4.33. The van der Waals surface area contributed by atoms with Gasteiger partial charge in [0, 0.05) is 17.3 Å².